The Hall–Kier alpha value is -0.680. The number of ether oxygens (including phenoxy) is 1. The number of likely N-dealkylation sites (tertiary alicyclic amines) is 1. The Bertz CT molecular complexity index is 290. The standard InChI is InChI=1S/C11H18N2O2S/c12-10(16)8-3-1-5-13(7-8)11(14)9-4-2-6-15-9/h8-9H,1-7H2,(H2,12,16). The van der Waals surface area contributed by atoms with Crippen molar-refractivity contribution in [2.24, 2.45) is 11.7 Å². The minimum absolute atomic E-state index is 0.124. The molecule has 2 N–H and O–H groups in total. The number of thiocarbonyl (C=S) groups is 1. The highest BCUT2D eigenvalue weighted by atomic mass is 32.1. The first-order chi connectivity index (χ1) is 7.68. The van der Waals surface area contributed by atoms with E-state index in [1.807, 2.05) is 4.90 Å². The van der Waals surface area contributed by atoms with Crippen LogP contribution in [0, 0.1) is 5.92 Å². The summed E-state index contributed by atoms with van der Waals surface area (Å²) >= 11 is 5.00. The molecule has 2 aliphatic heterocycles. The monoisotopic (exact) mass is 242 g/mol. The van der Waals surface area contributed by atoms with Gasteiger partial charge in [-0.15, -0.1) is 0 Å². The summed E-state index contributed by atoms with van der Waals surface area (Å²) in [5, 5.41) is 0. The molecular weight excluding hydrogens is 224 g/mol. The molecule has 0 aromatic carbocycles. The molecule has 2 saturated heterocycles. The van der Waals surface area contributed by atoms with Crippen molar-refractivity contribution in [3.8, 4) is 0 Å². The van der Waals surface area contributed by atoms with Gasteiger partial charge in [0.15, 0.2) is 0 Å². The Morgan fingerprint density at radius 2 is 2.19 bits per heavy atom. The highest BCUT2D eigenvalue weighted by molar-refractivity contribution is 7.80. The van der Waals surface area contributed by atoms with Crippen LogP contribution in [0.4, 0.5) is 0 Å². The lowest BCUT2D eigenvalue weighted by molar-refractivity contribution is -0.142. The molecule has 0 aromatic heterocycles. The molecule has 2 rings (SSSR count). The maximum absolute atomic E-state index is 12.1. The van der Waals surface area contributed by atoms with E-state index in [2.05, 4.69) is 0 Å². The predicted octanol–water partition coefficient (Wildman–Crippen LogP) is 0.690. The maximum Gasteiger partial charge on any atom is 0.251 e. The van der Waals surface area contributed by atoms with Gasteiger partial charge in [0.1, 0.15) is 6.10 Å². The van der Waals surface area contributed by atoms with Crippen molar-refractivity contribution < 1.29 is 9.53 Å². The number of carbonyl (C=O) groups is 1. The number of piperidine rings is 1. The minimum atomic E-state index is -0.218. The Balaban J connectivity index is 1.93. The summed E-state index contributed by atoms with van der Waals surface area (Å²) in [6.45, 7) is 2.20. The fourth-order valence-electron chi connectivity index (χ4n) is 2.39. The van der Waals surface area contributed by atoms with E-state index in [4.69, 9.17) is 22.7 Å². The van der Waals surface area contributed by atoms with E-state index in [0.717, 1.165) is 32.2 Å². The molecule has 2 aliphatic rings. The molecule has 1 amide bonds. The number of nitrogens with two attached hydrogens (primary N) is 1. The Morgan fingerprint density at radius 3 is 2.81 bits per heavy atom. The van der Waals surface area contributed by atoms with E-state index in [9.17, 15) is 4.79 Å². The summed E-state index contributed by atoms with van der Waals surface area (Å²) in [4.78, 5) is 14.5. The lowest BCUT2D eigenvalue weighted by Crippen LogP contribution is -2.47. The second-order valence-corrected chi connectivity index (χ2v) is 5.00. The molecule has 4 nitrogen and oxygen atoms in total. The van der Waals surface area contributed by atoms with E-state index in [1.54, 1.807) is 0 Å². The van der Waals surface area contributed by atoms with Gasteiger partial charge in [0.2, 0.25) is 0 Å². The lowest BCUT2D eigenvalue weighted by Gasteiger charge is -2.33. The first-order valence-corrected chi connectivity index (χ1v) is 6.29. The van der Waals surface area contributed by atoms with Crippen LogP contribution in [0.25, 0.3) is 0 Å². The van der Waals surface area contributed by atoms with Crippen LogP contribution in [-0.4, -0.2) is 41.6 Å². The van der Waals surface area contributed by atoms with Crippen LogP contribution >= 0.6 is 12.2 Å². The van der Waals surface area contributed by atoms with Gasteiger partial charge in [0.05, 0.1) is 4.99 Å². The van der Waals surface area contributed by atoms with Crippen LogP contribution in [0.3, 0.4) is 0 Å². The summed E-state index contributed by atoms with van der Waals surface area (Å²) in [6, 6.07) is 0. The SMILES string of the molecule is NC(=S)C1CCCN(C(=O)C2CCCO2)C1. The second-order valence-electron chi connectivity index (χ2n) is 4.53. The normalized spacial score (nSPS) is 30.4. The lowest BCUT2D eigenvalue weighted by atomic mass is 9.97. The summed E-state index contributed by atoms with van der Waals surface area (Å²) in [5.41, 5.74) is 5.65. The third-order valence-electron chi connectivity index (χ3n) is 3.34. The molecule has 5 heteroatoms. The summed E-state index contributed by atoms with van der Waals surface area (Å²) < 4.78 is 5.41. The van der Waals surface area contributed by atoms with Crippen molar-refractivity contribution in [1.82, 2.24) is 4.90 Å². The highest BCUT2D eigenvalue weighted by Crippen LogP contribution is 2.21. The molecule has 0 aromatic rings. The summed E-state index contributed by atoms with van der Waals surface area (Å²) in [7, 11) is 0. The van der Waals surface area contributed by atoms with Gasteiger partial charge < -0.3 is 15.4 Å². The molecule has 0 saturated carbocycles. The van der Waals surface area contributed by atoms with Crippen LogP contribution in [0.2, 0.25) is 0 Å². The van der Waals surface area contributed by atoms with Crippen LogP contribution in [0.1, 0.15) is 25.7 Å². The fourth-order valence-corrected chi connectivity index (χ4v) is 2.58. The maximum atomic E-state index is 12.1. The average molecular weight is 242 g/mol. The summed E-state index contributed by atoms with van der Waals surface area (Å²) in [5.74, 6) is 0.313. The van der Waals surface area contributed by atoms with Crippen molar-refractivity contribution in [1.29, 1.82) is 0 Å². The van der Waals surface area contributed by atoms with Crippen LogP contribution < -0.4 is 5.73 Å². The van der Waals surface area contributed by atoms with E-state index in [1.165, 1.54) is 0 Å². The Labute approximate surface area is 101 Å². The van der Waals surface area contributed by atoms with Gasteiger partial charge in [-0.25, -0.2) is 0 Å². The largest absolute Gasteiger partial charge is 0.393 e. The number of hydrogen-bond donors (Lipinski definition) is 1. The van der Waals surface area contributed by atoms with E-state index >= 15 is 0 Å². The Kier molecular flexibility index (Phi) is 3.76. The second kappa shape index (κ2) is 5.10. The first-order valence-electron chi connectivity index (χ1n) is 5.88. The third-order valence-corrected chi connectivity index (χ3v) is 3.67. The topological polar surface area (TPSA) is 55.6 Å². The third kappa shape index (κ3) is 2.52. The van der Waals surface area contributed by atoms with Crippen molar-refractivity contribution in [3.63, 3.8) is 0 Å². The summed E-state index contributed by atoms with van der Waals surface area (Å²) in [6.07, 6.45) is 3.62. The quantitative estimate of drug-likeness (QED) is 0.724. The number of carbonyl (C=O) groups excluding carboxylic acids is 1. The van der Waals surface area contributed by atoms with Crippen molar-refractivity contribution in [2.75, 3.05) is 19.7 Å². The van der Waals surface area contributed by atoms with E-state index in [-0.39, 0.29) is 17.9 Å². The van der Waals surface area contributed by atoms with Gasteiger partial charge in [-0.05, 0) is 25.7 Å². The number of hydrogen-bond acceptors (Lipinski definition) is 3. The van der Waals surface area contributed by atoms with Gasteiger partial charge in [0.25, 0.3) is 5.91 Å². The smallest absolute Gasteiger partial charge is 0.251 e. The van der Waals surface area contributed by atoms with Gasteiger partial charge in [-0.2, -0.15) is 0 Å². The van der Waals surface area contributed by atoms with Crippen molar-refractivity contribution in [3.05, 3.63) is 0 Å². The average Bonchev–Trinajstić information content (AvgIpc) is 2.81. The van der Waals surface area contributed by atoms with Crippen LogP contribution in [-0.2, 0) is 9.53 Å². The van der Waals surface area contributed by atoms with Crippen molar-refractivity contribution >= 4 is 23.1 Å². The van der Waals surface area contributed by atoms with Crippen LogP contribution in [0.5, 0.6) is 0 Å². The van der Waals surface area contributed by atoms with Gasteiger partial charge in [-0.1, -0.05) is 12.2 Å². The van der Waals surface area contributed by atoms with E-state index < -0.39 is 0 Å². The number of nitrogens with zero attached hydrogens (tertiary/aromatic N) is 1. The highest BCUT2D eigenvalue weighted by Gasteiger charge is 2.31. The predicted molar refractivity (Wildman–Crippen MR) is 65.1 cm³/mol. The van der Waals surface area contributed by atoms with E-state index in [0.29, 0.717) is 18.1 Å². The molecule has 16 heavy (non-hydrogen) atoms. The molecule has 2 unspecified atom stereocenters. The van der Waals surface area contributed by atoms with Gasteiger partial charge in [0, 0.05) is 25.6 Å². The van der Waals surface area contributed by atoms with Gasteiger partial charge in [-0.3, -0.25) is 4.79 Å². The molecule has 2 fully saturated rings. The molecule has 90 valence electrons. The molecule has 0 radical (unpaired) electrons. The zero-order valence-electron chi connectivity index (χ0n) is 9.35. The van der Waals surface area contributed by atoms with Crippen molar-refractivity contribution in [2.45, 2.75) is 31.8 Å². The Morgan fingerprint density at radius 1 is 1.38 bits per heavy atom. The zero-order chi connectivity index (χ0) is 11.5. The number of amides is 1. The molecule has 2 atom stereocenters. The molecular formula is C11H18N2O2S. The molecule has 2 heterocycles. The molecule has 0 spiro atoms. The van der Waals surface area contributed by atoms with Gasteiger partial charge >= 0.3 is 0 Å². The van der Waals surface area contributed by atoms with Crippen LogP contribution in [0.15, 0.2) is 0 Å². The first kappa shape index (κ1) is 11.8. The molecule has 0 aliphatic carbocycles. The fraction of sp³-hybridized carbons (Fsp3) is 0.818. The minimum Gasteiger partial charge on any atom is -0.393 e. The zero-order valence-corrected chi connectivity index (χ0v) is 10.2. The molecule has 0 bridgehead atoms. The number of rotatable bonds is 2.